The molecule has 0 saturated carbocycles. The molecule has 0 bridgehead atoms. The Morgan fingerprint density at radius 2 is 1.32 bits per heavy atom. The molecule has 68 heavy (non-hydrogen) atoms. The molecule has 3 heterocycles. The molecule has 11 atom stereocenters. The third kappa shape index (κ3) is 15.1. The molecule has 4 aromatic carbocycles. The third-order valence-electron chi connectivity index (χ3n) is 12.3. The Morgan fingerprint density at radius 1 is 0.647 bits per heavy atom. The Hall–Kier alpha value is -4.71. The molecule has 3 fully saturated rings. The summed E-state index contributed by atoms with van der Waals surface area (Å²) in [7, 11) is -1.20. The zero-order valence-electron chi connectivity index (χ0n) is 40.4. The van der Waals surface area contributed by atoms with Gasteiger partial charge in [0.15, 0.2) is 25.5 Å². The van der Waals surface area contributed by atoms with Gasteiger partial charge in [0.2, 0.25) is 6.29 Å². The van der Waals surface area contributed by atoms with Gasteiger partial charge in [-0.15, -0.1) is 0 Å². The minimum atomic E-state index is -1.20. The quantitative estimate of drug-likeness (QED) is 0.0337. The van der Waals surface area contributed by atoms with E-state index < -0.39 is 87.7 Å². The van der Waals surface area contributed by atoms with Crippen LogP contribution in [0.4, 0.5) is 0 Å². The summed E-state index contributed by atoms with van der Waals surface area (Å²) in [4.78, 5) is 37.4. The van der Waals surface area contributed by atoms with Crippen molar-refractivity contribution in [3.8, 4) is 11.5 Å². The maximum absolute atomic E-state index is 13.5. The number of ether oxygens (including phenoxy) is 11. The van der Waals surface area contributed by atoms with E-state index >= 15 is 0 Å². The van der Waals surface area contributed by atoms with Gasteiger partial charge in [-0.1, -0.05) is 74.2 Å². The van der Waals surface area contributed by atoms with Crippen molar-refractivity contribution < 1.29 is 66.5 Å². The van der Waals surface area contributed by atoms with Crippen LogP contribution in [0.2, 0.25) is 25.7 Å². The lowest BCUT2D eigenvalue weighted by Gasteiger charge is -2.45. The van der Waals surface area contributed by atoms with Crippen molar-refractivity contribution in [1.29, 1.82) is 0 Å². The molecule has 0 amide bonds. The van der Waals surface area contributed by atoms with Gasteiger partial charge < -0.3 is 56.9 Å². The fraction of sp³-hybridized carbons (Fsp3) is 0.528. The fourth-order valence-corrected chi connectivity index (χ4v) is 9.26. The Labute approximate surface area is 401 Å². The zero-order chi connectivity index (χ0) is 48.2. The van der Waals surface area contributed by atoms with Gasteiger partial charge in [-0.2, -0.15) is 0 Å². The third-order valence-corrected chi connectivity index (χ3v) is 14.0. The maximum Gasteiger partial charge on any atom is 0.338 e. The summed E-state index contributed by atoms with van der Waals surface area (Å²) in [5.74, 6) is 0.218. The van der Waals surface area contributed by atoms with E-state index in [1.54, 1.807) is 24.3 Å². The summed E-state index contributed by atoms with van der Waals surface area (Å²) in [5, 5.41) is 2.24. The molecule has 3 aliphatic heterocycles. The van der Waals surface area contributed by atoms with E-state index in [2.05, 4.69) is 50.0 Å². The lowest BCUT2D eigenvalue weighted by molar-refractivity contribution is -0.327. The predicted octanol–water partition coefficient (Wildman–Crippen LogP) is 9.57. The summed E-state index contributed by atoms with van der Waals surface area (Å²) in [5.41, 5.74) is 1.40. The molecule has 0 spiro atoms. The van der Waals surface area contributed by atoms with Crippen LogP contribution >= 0.6 is 0 Å². The summed E-state index contributed by atoms with van der Waals surface area (Å²) < 4.78 is 69.3. The van der Waals surface area contributed by atoms with Crippen LogP contribution in [0, 0.1) is 0 Å². The van der Waals surface area contributed by atoms with Crippen LogP contribution in [0.1, 0.15) is 82.1 Å². The van der Waals surface area contributed by atoms with Gasteiger partial charge in [0.25, 0.3) is 0 Å². The van der Waals surface area contributed by atoms with E-state index in [1.165, 1.54) is 6.92 Å². The lowest BCUT2D eigenvalue weighted by Crippen LogP contribution is -2.56. The number of ketones is 1. The molecule has 3 saturated heterocycles. The molecule has 0 N–H and O–H groups in total. The van der Waals surface area contributed by atoms with E-state index in [-0.39, 0.29) is 38.3 Å². The second-order valence-corrected chi connectivity index (χ2v) is 24.8. The van der Waals surface area contributed by atoms with Gasteiger partial charge in [0.05, 0.1) is 43.0 Å². The average Bonchev–Trinajstić information content (AvgIpc) is 3.30. The zero-order valence-corrected chi connectivity index (χ0v) is 41.4. The van der Waals surface area contributed by atoms with E-state index in [9.17, 15) is 14.4 Å². The molecular formula is C53H68O14Si. The van der Waals surface area contributed by atoms with Gasteiger partial charge in [-0.3, -0.25) is 4.79 Å². The van der Waals surface area contributed by atoms with Crippen LogP contribution in [-0.4, -0.2) is 107 Å². The number of fused-ring (bicyclic) bond motifs is 1. The first kappa shape index (κ1) is 51.1. The molecule has 4 aromatic rings. The van der Waals surface area contributed by atoms with Crippen molar-refractivity contribution in [2.24, 2.45) is 0 Å². The molecule has 3 aliphatic rings. The molecule has 0 unspecified atom stereocenters. The Balaban J connectivity index is 1.04. The SMILES string of the molecule is CC(=O)CCC(=O)O[C@H]1CC[C@H](O[C@@H]2[C@@H](C)O[C@@H](O[C@@H]3C[C@H](Oc4ccc(OCOCC[Si](C)(C)C)cc4)O[C@H](C)[C@H]3OC(=O)c3ccccc3)C[C@H]2OCc2ccc3ccccc3c2)O[C@H]1C. The fourth-order valence-electron chi connectivity index (χ4n) is 8.50. The lowest BCUT2D eigenvalue weighted by atomic mass is 9.99. The normalized spacial score (nSPS) is 27.5. The number of hydrogen-bond acceptors (Lipinski definition) is 14. The molecule has 368 valence electrons. The summed E-state index contributed by atoms with van der Waals surface area (Å²) in [6.45, 7) is 15.1. The highest BCUT2D eigenvalue weighted by Gasteiger charge is 2.47. The van der Waals surface area contributed by atoms with Crippen molar-refractivity contribution in [2.75, 3.05) is 13.4 Å². The molecular weight excluding hydrogens is 889 g/mol. The van der Waals surface area contributed by atoms with Gasteiger partial charge in [0.1, 0.15) is 35.6 Å². The Morgan fingerprint density at radius 3 is 2.06 bits per heavy atom. The minimum absolute atomic E-state index is 0.0326. The topological polar surface area (TPSA) is 153 Å². The van der Waals surface area contributed by atoms with E-state index in [1.807, 2.05) is 63.2 Å². The average molecular weight is 957 g/mol. The number of carbonyl (C=O) groups excluding carboxylic acids is 3. The maximum atomic E-state index is 13.5. The smallest absolute Gasteiger partial charge is 0.338 e. The van der Waals surface area contributed by atoms with Crippen molar-refractivity contribution in [3.05, 3.63) is 108 Å². The van der Waals surface area contributed by atoms with Crippen molar-refractivity contribution in [3.63, 3.8) is 0 Å². The largest absolute Gasteiger partial charge is 0.468 e. The second kappa shape index (κ2) is 24.2. The van der Waals surface area contributed by atoms with E-state index in [4.69, 9.17) is 52.1 Å². The van der Waals surface area contributed by atoms with E-state index in [0.717, 1.165) is 22.4 Å². The number of benzene rings is 4. The number of carbonyl (C=O) groups is 3. The van der Waals surface area contributed by atoms with Crippen LogP contribution in [-0.2, 0) is 58.8 Å². The number of rotatable bonds is 21. The second-order valence-electron chi connectivity index (χ2n) is 19.2. The predicted molar refractivity (Wildman–Crippen MR) is 256 cm³/mol. The Kier molecular flexibility index (Phi) is 18.2. The van der Waals surface area contributed by atoms with Crippen molar-refractivity contribution in [1.82, 2.24) is 0 Å². The molecule has 0 aliphatic carbocycles. The molecule has 7 rings (SSSR count). The van der Waals surface area contributed by atoms with Crippen LogP contribution in [0.3, 0.4) is 0 Å². The highest BCUT2D eigenvalue weighted by molar-refractivity contribution is 6.76. The highest BCUT2D eigenvalue weighted by Crippen LogP contribution is 2.35. The molecule has 14 nitrogen and oxygen atoms in total. The highest BCUT2D eigenvalue weighted by atomic mass is 28.3. The van der Waals surface area contributed by atoms with Crippen LogP contribution in [0.5, 0.6) is 11.5 Å². The van der Waals surface area contributed by atoms with Gasteiger partial charge in [-0.25, -0.2) is 4.79 Å². The monoisotopic (exact) mass is 956 g/mol. The minimum Gasteiger partial charge on any atom is -0.468 e. The van der Waals surface area contributed by atoms with Gasteiger partial charge in [0, 0.05) is 40.4 Å². The van der Waals surface area contributed by atoms with Gasteiger partial charge >= 0.3 is 11.9 Å². The van der Waals surface area contributed by atoms with Crippen LogP contribution < -0.4 is 9.47 Å². The summed E-state index contributed by atoms with van der Waals surface area (Å²) in [6, 6.07) is 31.6. The standard InChI is InChI=1S/C53H68O14Si/c1-34(54)17-25-47(55)64-44-24-26-48(60-35(44)2)66-51-36(3)62-50(30-45(51)58-32-38-18-19-39-13-11-12-16-41(39)29-38)65-46-31-49(61-37(4)52(46)67-53(56)40-14-9-8-10-15-40)63-43-22-20-42(21-23-43)59-33-57-27-28-68(5,6)7/h8-16,18-23,29,35-37,44-46,48-52H,17,24-28,30-33H2,1-7H3/t35-,36+,37+,44-,45+,46+,48-,49-,50-,51+,52+/m0/s1. The van der Waals surface area contributed by atoms with Crippen molar-refractivity contribution >= 4 is 36.6 Å². The summed E-state index contributed by atoms with van der Waals surface area (Å²) >= 11 is 0. The number of Topliss-reactive ketones (excluding diaryl/α,β-unsaturated/α-hetero) is 1. The number of hydrogen-bond donors (Lipinski definition) is 0. The van der Waals surface area contributed by atoms with Crippen molar-refractivity contribution in [2.45, 2.75) is 166 Å². The molecule has 0 aromatic heterocycles. The Bertz CT molecular complexity index is 2230. The first-order chi connectivity index (χ1) is 32.7. The first-order valence-corrected chi connectivity index (χ1v) is 27.7. The number of esters is 2. The first-order valence-electron chi connectivity index (χ1n) is 23.9. The van der Waals surface area contributed by atoms with Crippen LogP contribution in [0.15, 0.2) is 97.1 Å². The summed E-state index contributed by atoms with van der Waals surface area (Å²) in [6.07, 6.45) is -5.19. The molecule has 0 radical (unpaired) electrons. The van der Waals surface area contributed by atoms with Gasteiger partial charge in [-0.05, 0) is 99.0 Å². The molecule has 15 heteroatoms. The van der Waals surface area contributed by atoms with Crippen LogP contribution in [0.25, 0.3) is 10.8 Å². The van der Waals surface area contributed by atoms with E-state index in [0.29, 0.717) is 43.1 Å².